The van der Waals surface area contributed by atoms with Crippen molar-refractivity contribution in [2.45, 2.75) is 19.4 Å². The van der Waals surface area contributed by atoms with Gasteiger partial charge in [0, 0.05) is 11.1 Å². The van der Waals surface area contributed by atoms with Crippen molar-refractivity contribution in [2.75, 3.05) is 12.0 Å². The van der Waals surface area contributed by atoms with E-state index >= 15 is 0 Å². The molecule has 5 heteroatoms. The van der Waals surface area contributed by atoms with Crippen LogP contribution in [0.4, 0.5) is 0 Å². The summed E-state index contributed by atoms with van der Waals surface area (Å²) in [6.45, 7) is 1.92. The van der Waals surface area contributed by atoms with Gasteiger partial charge < -0.3 is 10.2 Å². The highest BCUT2D eigenvalue weighted by Crippen LogP contribution is 2.23. The van der Waals surface area contributed by atoms with Crippen LogP contribution in [0.2, 0.25) is 0 Å². The monoisotopic (exact) mass is 343 g/mol. The molecule has 0 saturated heterocycles. The topological polar surface area (TPSA) is 69.9 Å². The molecule has 0 spiro atoms. The Morgan fingerprint density at radius 1 is 1.21 bits per heavy atom. The van der Waals surface area contributed by atoms with Crippen LogP contribution in [-0.2, 0) is 4.79 Å². The average molecular weight is 343 g/mol. The number of carbonyl (C=O) groups is 1. The van der Waals surface area contributed by atoms with Crippen molar-refractivity contribution >= 4 is 23.4 Å². The van der Waals surface area contributed by atoms with Crippen molar-refractivity contribution in [3.63, 3.8) is 0 Å². The maximum Gasteiger partial charge on any atom is 0.328 e. The fourth-order valence-electron chi connectivity index (χ4n) is 2.36. The number of hydrogen-bond acceptors (Lipinski definition) is 4. The summed E-state index contributed by atoms with van der Waals surface area (Å²) in [6.07, 6.45) is 2.38. The molecule has 1 atom stereocenters. The van der Waals surface area contributed by atoms with Gasteiger partial charge in [-0.3, -0.25) is 4.99 Å². The highest BCUT2D eigenvalue weighted by Gasteiger charge is 2.20. The first kappa shape index (κ1) is 18.1. The lowest BCUT2D eigenvalue weighted by molar-refractivity contribution is -0.138. The van der Waals surface area contributed by atoms with E-state index in [1.54, 1.807) is 17.8 Å². The molecule has 2 N–H and O–H groups in total. The molecule has 2 aromatic rings. The van der Waals surface area contributed by atoms with E-state index in [1.165, 1.54) is 0 Å². The lowest BCUT2D eigenvalue weighted by Crippen LogP contribution is -2.21. The quantitative estimate of drug-likeness (QED) is 0.751. The molecule has 126 valence electrons. The third-order valence-electron chi connectivity index (χ3n) is 3.62. The molecule has 0 bridgehead atoms. The van der Waals surface area contributed by atoms with E-state index in [-0.39, 0.29) is 5.75 Å². The fraction of sp³-hybridized carbons (Fsp3) is 0.263. The molecular formula is C19H21NO3S. The standard InChI is InChI=1S/C19H21NO3S/c1-13-8-9-17(21)15(12-13)18(14-6-4-3-5-7-14)20-16(19(22)23)10-11-24-2/h3-9,12,16,21H,10-11H2,1-2H3,(H,22,23)/t16-/m0/s1. The van der Waals surface area contributed by atoms with Crippen LogP contribution >= 0.6 is 11.8 Å². The zero-order valence-corrected chi connectivity index (χ0v) is 14.6. The van der Waals surface area contributed by atoms with Crippen LogP contribution in [0.1, 0.15) is 23.1 Å². The Kier molecular flexibility index (Phi) is 6.44. The van der Waals surface area contributed by atoms with E-state index in [9.17, 15) is 15.0 Å². The van der Waals surface area contributed by atoms with E-state index < -0.39 is 12.0 Å². The maximum absolute atomic E-state index is 11.6. The minimum absolute atomic E-state index is 0.0946. The molecular weight excluding hydrogens is 322 g/mol. The number of nitrogens with zero attached hydrogens (tertiary/aromatic N) is 1. The van der Waals surface area contributed by atoms with Gasteiger partial charge in [-0.2, -0.15) is 11.8 Å². The van der Waals surface area contributed by atoms with E-state index in [0.717, 1.165) is 11.1 Å². The first-order valence-corrected chi connectivity index (χ1v) is 9.07. The largest absolute Gasteiger partial charge is 0.507 e. The summed E-state index contributed by atoms with van der Waals surface area (Å²) in [5.74, 6) is -0.149. The second-order valence-electron chi connectivity index (χ2n) is 5.50. The van der Waals surface area contributed by atoms with E-state index in [0.29, 0.717) is 23.4 Å². The lowest BCUT2D eigenvalue weighted by Gasteiger charge is -2.14. The molecule has 0 saturated carbocycles. The van der Waals surface area contributed by atoms with Gasteiger partial charge in [0.05, 0.1) is 5.71 Å². The first-order chi connectivity index (χ1) is 11.5. The van der Waals surface area contributed by atoms with Gasteiger partial charge in [0.15, 0.2) is 0 Å². The van der Waals surface area contributed by atoms with Crippen molar-refractivity contribution in [2.24, 2.45) is 4.99 Å². The number of hydrogen-bond donors (Lipinski definition) is 2. The zero-order chi connectivity index (χ0) is 17.5. The molecule has 0 aliphatic heterocycles. The molecule has 0 unspecified atom stereocenters. The summed E-state index contributed by atoms with van der Waals surface area (Å²) >= 11 is 1.59. The van der Waals surface area contributed by atoms with Crippen LogP contribution in [-0.4, -0.2) is 39.9 Å². The number of phenolic OH excluding ortho intramolecular Hbond substituents is 1. The third kappa shape index (κ3) is 4.61. The molecule has 2 aromatic carbocycles. The number of phenols is 1. The van der Waals surface area contributed by atoms with Crippen LogP contribution in [0.3, 0.4) is 0 Å². The number of carboxylic acid groups (broad SMARTS) is 1. The number of thioether (sulfide) groups is 1. The molecule has 24 heavy (non-hydrogen) atoms. The Labute approximate surface area is 146 Å². The van der Waals surface area contributed by atoms with Crippen LogP contribution in [0.5, 0.6) is 5.75 Å². The van der Waals surface area contributed by atoms with Crippen LogP contribution in [0.15, 0.2) is 53.5 Å². The van der Waals surface area contributed by atoms with Crippen LogP contribution < -0.4 is 0 Å². The van der Waals surface area contributed by atoms with Gasteiger partial charge >= 0.3 is 5.97 Å². The minimum Gasteiger partial charge on any atom is -0.507 e. The van der Waals surface area contributed by atoms with Gasteiger partial charge in [0.25, 0.3) is 0 Å². The van der Waals surface area contributed by atoms with Crippen molar-refractivity contribution in [1.29, 1.82) is 0 Å². The normalized spacial score (nSPS) is 12.8. The number of aliphatic carboxylic acids is 1. The van der Waals surface area contributed by atoms with Gasteiger partial charge in [-0.05, 0) is 37.5 Å². The Morgan fingerprint density at radius 3 is 2.54 bits per heavy atom. The van der Waals surface area contributed by atoms with E-state index in [1.807, 2.05) is 55.6 Å². The minimum atomic E-state index is -0.954. The smallest absolute Gasteiger partial charge is 0.328 e. The van der Waals surface area contributed by atoms with E-state index in [4.69, 9.17) is 0 Å². The number of benzene rings is 2. The second-order valence-corrected chi connectivity index (χ2v) is 6.49. The summed E-state index contributed by atoms with van der Waals surface area (Å²) in [7, 11) is 0. The molecule has 4 nitrogen and oxygen atoms in total. The predicted molar refractivity (Wildman–Crippen MR) is 99.3 cm³/mol. The van der Waals surface area contributed by atoms with Crippen molar-refractivity contribution in [3.8, 4) is 5.75 Å². The average Bonchev–Trinajstić information content (AvgIpc) is 2.58. The molecule has 0 heterocycles. The number of aliphatic imine (C=N–C) groups is 1. The molecule has 0 amide bonds. The predicted octanol–water partition coefficient (Wildman–Crippen LogP) is 3.74. The fourth-order valence-corrected chi connectivity index (χ4v) is 2.82. The maximum atomic E-state index is 11.6. The highest BCUT2D eigenvalue weighted by atomic mass is 32.2. The Morgan fingerprint density at radius 2 is 1.92 bits per heavy atom. The van der Waals surface area contributed by atoms with Crippen molar-refractivity contribution in [1.82, 2.24) is 0 Å². The van der Waals surface area contributed by atoms with Crippen LogP contribution in [0.25, 0.3) is 0 Å². The number of rotatable bonds is 7. The molecule has 0 aliphatic carbocycles. The Balaban J connectivity index is 2.56. The summed E-state index contributed by atoms with van der Waals surface area (Å²) in [4.78, 5) is 16.1. The summed E-state index contributed by atoms with van der Waals surface area (Å²) in [5.41, 5.74) is 2.82. The zero-order valence-electron chi connectivity index (χ0n) is 13.8. The van der Waals surface area contributed by atoms with Gasteiger partial charge in [-0.1, -0.05) is 42.0 Å². The van der Waals surface area contributed by atoms with Crippen molar-refractivity contribution in [3.05, 3.63) is 65.2 Å². The number of carboxylic acids is 1. The van der Waals surface area contributed by atoms with Gasteiger partial charge in [0.2, 0.25) is 0 Å². The first-order valence-electron chi connectivity index (χ1n) is 7.68. The summed E-state index contributed by atoms with van der Waals surface area (Å²) in [5, 5.41) is 19.7. The van der Waals surface area contributed by atoms with Crippen LogP contribution in [0, 0.1) is 6.92 Å². The van der Waals surface area contributed by atoms with Crippen molar-refractivity contribution < 1.29 is 15.0 Å². The Bertz CT molecular complexity index is 729. The Hall–Kier alpha value is -2.27. The lowest BCUT2D eigenvalue weighted by atomic mass is 9.99. The van der Waals surface area contributed by atoms with E-state index in [2.05, 4.69) is 4.99 Å². The van der Waals surface area contributed by atoms with Gasteiger partial charge in [-0.25, -0.2) is 4.79 Å². The molecule has 0 radical (unpaired) electrons. The molecule has 0 aliphatic rings. The summed E-state index contributed by atoms with van der Waals surface area (Å²) < 4.78 is 0. The SMILES string of the molecule is CSCC[C@H](N=C(c1ccccc1)c1cc(C)ccc1O)C(=O)O. The molecule has 0 aromatic heterocycles. The molecule has 2 rings (SSSR count). The highest BCUT2D eigenvalue weighted by molar-refractivity contribution is 7.98. The second kappa shape index (κ2) is 8.55. The summed E-state index contributed by atoms with van der Waals surface area (Å²) in [6, 6.07) is 13.8. The number of aromatic hydroxyl groups is 1. The third-order valence-corrected chi connectivity index (χ3v) is 4.26. The number of aryl methyl sites for hydroxylation is 1. The molecule has 0 fully saturated rings. The van der Waals surface area contributed by atoms with Gasteiger partial charge in [0.1, 0.15) is 11.8 Å². The van der Waals surface area contributed by atoms with Gasteiger partial charge in [-0.15, -0.1) is 0 Å².